The first-order valence-corrected chi connectivity index (χ1v) is 5.89. The van der Waals surface area contributed by atoms with E-state index in [2.05, 4.69) is 5.32 Å². The van der Waals surface area contributed by atoms with E-state index in [1.165, 1.54) is 18.2 Å². The van der Waals surface area contributed by atoms with Gasteiger partial charge in [0.25, 0.3) is 0 Å². The molecular formula is C15H15F2N. The highest BCUT2D eigenvalue weighted by molar-refractivity contribution is 5.21. The summed E-state index contributed by atoms with van der Waals surface area (Å²) in [6.07, 6.45) is 0. The fourth-order valence-electron chi connectivity index (χ4n) is 1.77. The summed E-state index contributed by atoms with van der Waals surface area (Å²) in [5.41, 5.74) is 1.61. The average molecular weight is 247 g/mol. The average Bonchev–Trinajstić information content (AvgIpc) is 2.38. The van der Waals surface area contributed by atoms with Crippen molar-refractivity contribution in [1.82, 2.24) is 5.32 Å². The first-order valence-electron chi connectivity index (χ1n) is 5.89. The fraction of sp³-hybridized carbons (Fsp3) is 0.200. The maximum absolute atomic E-state index is 13.4. The van der Waals surface area contributed by atoms with Gasteiger partial charge in [0, 0.05) is 18.2 Å². The van der Waals surface area contributed by atoms with Crippen LogP contribution >= 0.6 is 0 Å². The molecular weight excluding hydrogens is 232 g/mol. The lowest BCUT2D eigenvalue weighted by atomic mass is 10.1. The maximum atomic E-state index is 13.4. The van der Waals surface area contributed by atoms with Crippen molar-refractivity contribution in [3.05, 3.63) is 71.3 Å². The van der Waals surface area contributed by atoms with Gasteiger partial charge < -0.3 is 5.32 Å². The monoisotopic (exact) mass is 247 g/mol. The van der Waals surface area contributed by atoms with Gasteiger partial charge in [0.1, 0.15) is 11.6 Å². The van der Waals surface area contributed by atoms with Crippen molar-refractivity contribution in [2.24, 2.45) is 0 Å². The Labute approximate surface area is 105 Å². The van der Waals surface area contributed by atoms with Gasteiger partial charge in [0.05, 0.1) is 0 Å². The molecule has 0 aliphatic rings. The highest BCUT2D eigenvalue weighted by Gasteiger charge is 2.06. The van der Waals surface area contributed by atoms with Gasteiger partial charge >= 0.3 is 0 Å². The van der Waals surface area contributed by atoms with E-state index in [9.17, 15) is 8.78 Å². The Hall–Kier alpha value is -1.74. The smallest absolute Gasteiger partial charge is 0.127 e. The van der Waals surface area contributed by atoms with Crippen LogP contribution in [0.4, 0.5) is 8.78 Å². The number of hydrogen-bond acceptors (Lipinski definition) is 1. The van der Waals surface area contributed by atoms with Crippen LogP contribution in [0.5, 0.6) is 0 Å². The van der Waals surface area contributed by atoms with Gasteiger partial charge in [-0.15, -0.1) is 0 Å². The van der Waals surface area contributed by atoms with Gasteiger partial charge in [-0.1, -0.05) is 30.3 Å². The van der Waals surface area contributed by atoms with E-state index in [0.29, 0.717) is 12.1 Å². The SMILES string of the molecule is C[C@@H](NCc1ccccc1F)c1ccc(F)cc1. The number of halogens is 2. The van der Waals surface area contributed by atoms with Crippen LogP contribution < -0.4 is 5.32 Å². The highest BCUT2D eigenvalue weighted by atomic mass is 19.1. The van der Waals surface area contributed by atoms with Crippen molar-refractivity contribution in [1.29, 1.82) is 0 Å². The zero-order valence-electron chi connectivity index (χ0n) is 10.2. The van der Waals surface area contributed by atoms with E-state index in [1.54, 1.807) is 24.3 Å². The molecule has 0 spiro atoms. The highest BCUT2D eigenvalue weighted by Crippen LogP contribution is 2.14. The Morgan fingerprint density at radius 3 is 2.33 bits per heavy atom. The molecule has 0 saturated carbocycles. The summed E-state index contributed by atoms with van der Waals surface area (Å²) >= 11 is 0. The van der Waals surface area contributed by atoms with Crippen molar-refractivity contribution in [2.45, 2.75) is 19.5 Å². The lowest BCUT2D eigenvalue weighted by Gasteiger charge is -2.14. The van der Waals surface area contributed by atoms with E-state index in [-0.39, 0.29) is 17.7 Å². The molecule has 0 amide bonds. The largest absolute Gasteiger partial charge is 0.306 e. The van der Waals surface area contributed by atoms with Crippen LogP contribution in [0.1, 0.15) is 24.1 Å². The van der Waals surface area contributed by atoms with Crippen LogP contribution in [0.2, 0.25) is 0 Å². The molecule has 0 aliphatic heterocycles. The van der Waals surface area contributed by atoms with Gasteiger partial charge in [-0.25, -0.2) is 8.78 Å². The molecule has 0 fully saturated rings. The van der Waals surface area contributed by atoms with Crippen molar-refractivity contribution < 1.29 is 8.78 Å². The first-order chi connectivity index (χ1) is 8.66. The lowest BCUT2D eigenvalue weighted by molar-refractivity contribution is 0.543. The third kappa shape index (κ3) is 3.14. The van der Waals surface area contributed by atoms with Gasteiger partial charge in [-0.2, -0.15) is 0 Å². The van der Waals surface area contributed by atoms with Crippen LogP contribution in [-0.2, 0) is 6.54 Å². The predicted molar refractivity (Wildman–Crippen MR) is 68.1 cm³/mol. The number of nitrogens with one attached hydrogen (secondary N) is 1. The minimum atomic E-state index is -0.250. The molecule has 0 aromatic heterocycles. The van der Waals surface area contributed by atoms with E-state index in [4.69, 9.17) is 0 Å². The second-order valence-corrected chi connectivity index (χ2v) is 4.25. The maximum Gasteiger partial charge on any atom is 0.127 e. The molecule has 1 nitrogen and oxygen atoms in total. The number of rotatable bonds is 4. The summed E-state index contributed by atoms with van der Waals surface area (Å²) in [6.45, 7) is 2.42. The molecule has 3 heteroatoms. The Bertz CT molecular complexity index is 508. The van der Waals surface area contributed by atoms with E-state index >= 15 is 0 Å². The summed E-state index contributed by atoms with van der Waals surface area (Å²) in [7, 11) is 0. The molecule has 2 aromatic carbocycles. The summed E-state index contributed by atoms with van der Waals surface area (Å²) in [5, 5.41) is 3.21. The van der Waals surface area contributed by atoms with Gasteiger partial charge in [0.2, 0.25) is 0 Å². The van der Waals surface area contributed by atoms with Gasteiger partial charge in [0.15, 0.2) is 0 Å². The van der Waals surface area contributed by atoms with Gasteiger partial charge in [-0.05, 0) is 30.7 Å². The molecule has 1 atom stereocenters. The third-order valence-electron chi connectivity index (χ3n) is 2.93. The predicted octanol–water partition coefficient (Wildman–Crippen LogP) is 3.82. The topological polar surface area (TPSA) is 12.0 Å². The molecule has 0 aliphatic carbocycles. The van der Waals surface area contributed by atoms with E-state index < -0.39 is 0 Å². The van der Waals surface area contributed by atoms with Crippen molar-refractivity contribution in [3.63, 3.8) is 0 Å². The Morgan fingerprint density at radius 1 is 1.00 bits per heavy atom. The summed E-state index contributed by atoms with van der Waals surface area (Å²) < 4.78 is 26.2. The molecule has 0 radical (unpaired) electrons. The zero-order valence-corrected chi connectivity index (χ0v) is 10.2. The molecule has 0 unspecified atom stereocenters. The lowest BCUT2D eigenvalue weighted by Crippen LogP contribution is -2.18. The molecule has 1 N–H and O–H groups in total. The second-order valence-electron chi connectivity index (χ2n) is 4.25. The zero-order chi connectivity index (χ0) is 13.0. The Balaban J connectivity index is 1.98. The van der Waals surface area contributed by atoms with Crippen molar-refractivity contribution >= 4 is 0 Å². The summed E-state index contributed by atoms with van der Waals surface area (Å²) in [6, 6.07) is 13.0. The van der Waals surface area contributed by atoms with Crippen molar-refractivity contribution in [3.8, 4) is 0 Å². The quantitative estimate of drug-likeness (QED) is 0.866. The molecule has 2 aromatic rings. The van der Waals surface area contributed by atoms with Crippen molar-refractivity contribution in [2.75, 3.05) is 0 Å². The molecule has 18 heavy (non-hydrogen) atoms. The number of benzene rings is 2. The molecule has 2 rings (SSSR count). The van der Waals surface area contributed by atoms with Gasteiger partial charge in [-0.3, -0.25) is 0 Å². The van der Waals surface area contributed by atoms with Crippen LogP contribution in [0.25, 0.3) is 0 Å². The standard InChI is InChI=1S/C15H15F2N/c1-11(12-6-8-14(16)9-7-12)18-10-13-4-2-3-5-15(13)17/h2-9,11,18H,10H2,1H3/t11-/m1/s1. The Kier molecular flexibility index (Phi) is 4.05. The molecule has 94 valence electrons. The summed E-state index contributed by atoms with van der Waals surface area (Å²) in [4.78, 5) is 0. The molecule has 0 saturated heterocycles. The van der Waals surface area contributed by atoms with E-state index in [1.807, 2.05) is 13.0 Å². The third-order valence-corrected chi connectivity index (χ3v) is 2.93. The number of hydrogen-bond donors (Lipinski definition) is 1. The minimum Gasteiger partial charge on any atom is -0.306 e. The molecule has 0 bridgehead atoms. The van der Waals surface area contributed by atoms with Crippen LogP contribution in [-0.4, -0.2) is 0 Å². The van der Waals surface area contributed by atoms with Crippen LogP contribution in [0.3, 0.4) is 0 Å². The van der Waals surface area contributed by atoms with Crippen LogP contribution in [0.15, 0.2) is 48.5 Å². The summed E-state index contributed by atoms with van der Waals surface area (Å²) in [5.74, 6) is -0.462. The van der Waals surface area contributed by atoms with Crippen LogP contribution in [0, 0.1) is 11.6 Å². The molecule has 0 heterocycles. The normalized spacial score (nSPS) is 12.4. The first kappa shape index (κ1) is 12.7. The minimum absolute atomic E-state index is 0.0465. The fourth-order valence-corrected chi connectivity index (χ4v) is 1.77. The Morgan fingerprint density at radius 2 is 1.67 bits per heavy atom. The second kappa shape index (κ2) is 5.74. The van der Waals surface area contributed by atoms with E-state index in [0.717, 1.165) is 5.56 Å².